The highest BCUT2D eigenvalue weighted by Crippen LogP contribution is 2.36. The first-order valence-electron chi connectivity index (χ1n) is 22.2. The molecule has 1 saturated carbocycles. The molecule has 21 heteroatoms. The monoisotopic (exact) mass is 901 g/mol. The molecule has 0 bridgehead atoms. The maximum Gasteiger partial charge on any atom is 0.329 e. The number of carbonyl (C=O) groups excluding carboxylic acids is 3. The highest BCUT2D eigenvalue weighted by molar-refractivity contribution is 6.08. The second-order valence-electron chi connectivity index (χ2n) is 17.4. The van der Waals surface area contributed by atoms with E-state index in [1.54, 1.807) is 35.0 Å². The number of aromatic nitrogens is 7. The fraction of sp³-hybridized carbons (Fsp3) is 0.523. The van der Waals surface area contributed by atoms with Crippen molar-refractivity contribution < 1.29 is 31.9 Å². The molecule has 4 aliphatic rings. The summed E-state index contributed by atoms with van der Waals surface area (Å²) in [7, 11) is 1.67. The van der Waals surface area contributed by atoms with Gasteiger partial charge in [-0.3, -0.25) is 43.3 Å². The van der Waals surface area contributed by atoms with E-state index in [1.807, 2.05) is 17.0 Å². The number of aryl methyl sites for hydroxylation is 1. The lowest BCUT2D eigenvalue weighted by Gasteiger charge is -2.37. The molecule has 2 N–H and O–H groups in total. The first-order valence-corrected chi connectivity index (χ1v) is 22.2. The van der Waals surface area contributed by atoms with Crippen LogP contribution in [-0.2, 0) is 16.6 Å². The summed E-state index contributed by atoms with van der Waals surface area (Å²) in [5.41, 5.74) is 1.41. The van der Waals surface area contributed by atoms with Crippen LogP contribution in [0.5, 0.6) is 0 Å². The Labute approximate surface area is 371 Å². The van der Waals surface area contributed by atoms with Crippen LogP contribution >= 0.6 is 0 Å². The fourth-order valence-corrected chi connectivity index (χ4v) is 9.69. The van der Waals surface area contributed by atoms with Gasteiger partial charge in [0.2, 0.25) is 11.8 Å². The quantitative estimate of drug-likeness (QED) is 0.113. The van der Waals surface area contributed by atoms with Crippen LogP contribution < -0.4 is 21.2 Å². The van der Waals surface area contributed by atoms with Gasteiger partial charge in [0, 0.05) is 84.8 Å². The molecule has 5 aromatic rings. The summed E-state index contributed by atoms with van der Waals surface area (Å²) in [5, 5.41) is 13.5. The van der Waals surface area contributed by atoms with Crippen molar-refractivity contribution in [2.75, 3.05) is 82.2 Å². The molecule has 0 radical (unpaired) electrons. The van der Waals surface area contributed by atoms with Crippen molar-refractivity contribution in [2.45, 2.75) is 63.5 Å². The van der Waals surface area contributed by atoms with Gasteiger partial charge in [-0.15, -0.1) is 0 Å². The smallest absolute Gasteiger partial charge is 0.329 e. The summed E-state index contributed by atoms with van der Waals surface area (Å²) in [6, 6.07) is 6.38. The van der Waals surface area contributed by atoms with E-state index in [-0.39, 0.29) is 53.9 Å². The first kappa shape index (κ1) is 44.1. The minimum absolute atomic E-state index is 0.0631. The predicted octanol–water partition coefficient (Wildman–Crippen LogP) is 3.53. The fourth-order valence-electron chi connectivity index (χ4n) is 9.69. The molecule has 17 nitrogen and oxygen atoms in total. The number of fused-ring (bicyclic) bond motifs is 2. The number of nitrogens with zero attached hydrogens (tertiary/aromatic N) is 11. The van der Waals surface area contributed by atoms with Crippen LogP contribution in [0.25, 0.3) is 16.7 Å². The summed E-state index contributed by atoms with van der Waals surface area (Å²) < 4.78 is 60.3. The van der Waals surface area contributed by atoms with Crippen molar-refractivity contribution in [1.29, 1.82) is 0 Å². The maximum atomic E-state index is 14.3. The Balaban J connectivity index is 0.761. The second kappa shape index (κ2) is 18.8. The van der Waals surface area contributed by atoms with Gasteiger partial charge in [0.15, 0.2) is 11.3 Å². The SMILES string of the molecule is Cn1c(=O)n(C2CCC(=O)NC2=O)c2cccc(C#CCN3CCN(CC4CCC(n5cc(NC(=O)c6cnn7ccc(N8CCN(CC(F)F)CC8)nc67)c(C(F)F)n5)CC4)CC3)c21. The Bertz CT molecular complexity index is 2690. The van der Waals surface area contributed by atoms with E-state index < -0.39 is 36.4 Å². The molecule has 344 valence electrons. The van der Waals surface area contributed by atoms with Gasteiger partial charge in [-0.05, 0) is 56.2 Å². The zero-order chi connectivity index (χ0) is 45.4. The summed E-state index contributed by atoms with van der Waals surface area (Å²) in [6.45, 7) is 6.59. The van der Waals surface area contributed by atoms with Gasteiger partial charge in [0.1, 0.15) is 17.4 Å². The van der Waals surface area contributed by atoms with Crippen LogP contribution in [0.1, 0.15) is 78.6 Å². The van der Waals surface area contributed by atoms with Crippen molar-refractivity contribution in [3.8, 4) is 11.8 Å². The standard InChI is InChI=1S/C44H51F4N13O4/c1-54-39-29(4-2-6-33(39)61(44(54)65)34-11-12-37(62)52-43(34)64)5-3-14-55-16-18-56(19-17-55)25-28-7-9-30(10-8-28)60-26-32(38(53-60)40(47)48)50-42(63)31-24-49-59-15-13-36(51-41(31)59)58-22-20-57(21-23-58)27-35(45)46/h2,4,6,13,15,24,26,28,30,34-35,40H,7-12,14,16-23,25,27H2,1H3,(H,50,63)(H,52,62,64). The number of anilines is 2. The number of imide groups is 1. The highest BCUT2D eigenvalue weighted by atomic mass is 19.3. The van der Waals surface area contributed by atoms with Crippen LogP contribution in [-0.4, -0.2) is 144 Å². The van der Waals surface area contributed by atoms with Crippen molar-refractivity contribution in [2.24, 2.45) is 13.0 Å². The van der Waals surface area contributed by atoms with Gasteiger partial charge in [-0.25, -0.2) is 31.9 Å². The van der Waals surface area contributed by atoms with E-state index in [2.05, 4.69) is 47.5 Å². The molecule has 3 saturated heterocycles. The molecule has 7 heterocycles. The maximum absolute atomic E-state index is 14.3. The summed E-state index contributed by atoms with van der Waals surface area (Å²) in [5.74, 6) is 6.11. The van der Waals surface area contributed by atoms with Gasteiger partial charge in [0.25, 0.3) is 18.8 Å². The van der Waals surface area contributed by atoms with E-state index in [4.69, 9.17) is 0 Å². The average Bonchev–Trinajstić information content (AvgIpc) is 3.99. The van der Waals surface area contributed by atoms with Crippen LogP contribution in [0.15, 0.2) is 47.7 Å². The van der Waals surface area contributed by atoms with E-state index in [0.29, 0.717) is 61.1 Å². The van der Waals surface area contributed by atoms with E-state index in [0.717, 1.165) is 58.4 Å². The number of benzene rings is 1. The molecular weight excluding hydrogens is 851 g/mol. The number of para-hydroxylation sites is 1. The molecule has 9 rings (SSSR count). The zero-order valence-electron chi connectivity index (χ0n) is 36.0. The number of amides is 3. The topological polar surface area (TPSA) is 163 Å². The molecule has 1 aromatic carbocycles. The minimum atomic E-state index is -2.91. The molecule has 1 unspecified atom stereocenters. The van der Waals surface area contributed by atoms with Gasteiger partial charge < -0.3 is 15.1 Å². The summed E-state index contributed by atoms with van der Waals surface area (Å²) in [6.07, 6.45) is 2.98. The van der Waals surface area contributed by atoms with E-state index >= 15 is 0 Å². The van der Waals surface area contributed by atoms with Crippen LogP contribution in [0.3, 0.4) is 0 Å². The van der Waals surface area contributed by atoms with Gasteiger partial charge in [-0.1, -0.05) is 17.9 Å². The number of rotatable bonds is 11. The molecule has 1 atom stereocenters. The largest absolute Gasteiger partial charge is 0.354 e. The Morgan fingerprint density at radius 3 is 2.38 bits per heavy atom. The third-order valence-corrected chi connectivity index (χ3v) is 13.2. The number of piperazine rings is 2. The summed E-state index contributed by atoms with van der Waals surface area (Å²) >= 11 is 0. The zero-order valence-corrected chi connectivity index (χ0v) is 36.0. The first-order chi connectivity index (χ1) is 31.4. The van der Waals surface area contributed by atoms with E-state index in [9.17, 15) is 36.7 Å². The number of nitrogens with one attached hydrogen (secondary N) is 2. The average molecular weight is 902 g/mol. The van der Waals surface area contributed by atoms with Crippen molar-refractivity contribution in [3.63, 3.8) is 0 Å². The number of hydrogen-bond acceptors (Lipinski definition) is 11. The lowest BCUT2D eigenvalue weighted by Crippen LogP contribution is -2.48. The third-order valence-electron chi connectivity index (χ3n) is 13.2. The number of piperidine rings is 1. The minimum Gasteiger partial charge on any atom is -0.354 e. The van der Waals surface area contributed by atoms with Crippen LogP contribution in [0.2, 0.25) is 0 Å². The third kappa shape index (κ3) is 9.37. The molecule has 1 aliphatic carbocycles. The Kier molecular flexibility index (Phi) is 12.7. The van der Waals surface area contributed by atoms with Crippen LogP contribution in [0, 0.1) is 17.8 Å². The molecule has 4 fully saturated rings. The Hall–Kier alpha value is -6.11. The predicted molar refractivity (Wildman–Crippen MR) is 232 cm³/mol. The van der Waals surface area contributed by atoms with Crippen molar-refractivity contribution in [3.05, 3.63) is 70.2 Å². The molecule has 0 spiro atoms. The molecular formula is C44H51F4N13O4. The lowest BCUT2D eigenvalue weighted by atomic mass is 9.85. The Morgan fingerprint density at radius 2 is 1.66 bits per heavy atom. The number of carbonyl (C=O) groups is 3. The van der Waals surface area contributed by atoms with Crippen LogP contribution in [0.4, 0.5) is 29.1 Å². The molecule has 3 amide bonds. The van der Waals surface area contributed by atoms with Gasteiger partial charge in [0.05, 0.1) is 47.6 Å². The van der Waals surface area contributed by atoms with Crippen molar-refractivity contribution in [1.82, 2.24) is 53.5 Å². The molecule has 65 heavy (non-hydrogen) atoms. The molecule has 3 aliphatic heterocycles. The number of imidazole rings is 1. The highest BCUT2D eigenvalue weighted by Gasteiger charge is 2.33. The second-order valence-corrected chi connectivity index (χ2v) is 17.4. The number of alkyl halides is 4. The lowest BCUT2D eigenvalue weighted by molar-refractivity contribution is -0.135. The summed E-state index contributed by atoms with van der Waals surface area (Å²) in [4.78, 5) is 64.2. The van der Waals surface area contributed by atoms with Crippen molar-refractivity contribution >= 4 is 45.9 Å². The normalized spacial score (nSPS) is 21.6. The van der Waals surface area contributed by atoms with Gasteiger partial charge in [-0.2, -0.15) is 10.2 Å². The Morgan fingerprint density at radius 1 is 0.923 bits per heavy atom. The number of halogens is 4. The number of hydrogen-bond donors (Lipinski definition) is 2. The molecule has 4 aromatic heterocycles. The van der Waals surface area contributed by atoms with E-state index in [1.165, 1.54) is 26.0 Å². The van der Waals surface area contributed by atoms with Gasteiger partial charge >= 0.3 is 5.69 Å².